The lowest BCUT2D eigenvalue weighted by Gasteiger charge is -2.05. The normalized spacial score (nSPS) is 10.7. The highest BCUT2D eigenvalue weighted by molar-refractivity contribution is 6.01. The summed E-state index contributed by atoms with van der Waals surface area (Å²) in [4.78, 5) is 15.8. The van der Waals surface area contributed by atoms with Crippen LogP contribution in [0.25, 0.3) is 6.08 Å². The first-order chi connectivity index (χ1) is 10.3. The van der Waals surface area contributed by atoms with E-state index in [1.807, 2.05) is 43.3 Å². The first kappa shape index (κ1) is 14.9. The monoisotopic (exact) mass is 282 g/mol. The van der Waals surface area contributed by atoms with Crippen molar-refractivity contribution in [3.05, 3.63) is 66.0 Å². The van der Waals surface area contributed by atoms with Gasteiger partial charge in [-0.1, -0.05) is 18.2 Å². The van der Waals surface area contributed by atoms with Crippen LogP contribution in [-0.2, 0) is 16.1 Å². The van der Waals surface area contributed by atoms with E-state index in [9.17, 15) is 4.79 Å². The van der Waals surface area contributed by atoms with Gasteiger partial charge in [-0.3, -0.25) is 9.78 Å². The second-order valence-electron chi connectivity index (χ2n) is 4.44. The van der Waals surface area contributed by atoms with Crippen molar-refractivity contribution in [2.24, 2.45) is 0 Å². The molecule has 4 nitrogen and oxygen atoms in total. The Labute approximate surface area is 124 Å². The molecule has 0 radical (unpaired) electrons. The van der Waals surface area contributed by atoms with Crippen molar-refractivity contribution in [1.29, 1.82) is 0 Å². The highest BCUT2D eigenvalue weighted by Crippen LogP contribution is 2.10. The average Bonchev–Trinajstić information content (AvgIpc) is 2.53. The van der Waals surface area contributed by atoms with Crippen LogP contribution in [0.5, 0.6) is 0 Å². The number of pyridine rings is 1. The Morgan fingerprint density at radius 3 is 2.76 bits per heavy atom. The molecule has 0 fully saturated rings. The zero-order valence-corrected chi connectivity index (χ0v) is 12.0. The molecule has 1 aromatic carbocycles. The summed E-state index contributed by atoms with van der Waals surface area (Å²) in [6.07, 6.45) is 6.62. The molecule has 2 aromatic rings. The summed E-state index contributed by atoms with van der Waals surface area (Å²) in [5.41, 5.74) is 2.73. The van der Waals surface area contributed by atoms with Crippen LogP contribution in [0.4, 0.5) is 5.69 Å². The maximum atomic E-state index is 11.8. The molecule has 0 saturated heterocycles. The van der Waals surface area contributed by atoms with E-state index in [-0.39, 0.29) is 5.91 Å². The number of carbonyl (C=O) groups excluding carboxylic acids is 1. The predicted molar refractivity (Wildman–Crippen MR) is 83.7 cm³/mol. The molecule has 1 heterocycles. The molecule has 1 N–H and O–H groups in total. The van der Waals surface area contributed by atoms with Gasteiger partial charge in [-0.25, -0.2) is 0 Å². The summed E-state index contributed by atoms with van der Waals surface area (Å²) >= 11 is 0. The van der Waals surface area contributed by atoms with E-state index in [1.54, 1.807) is 18.5 Å². The lowest BCUT2D eigenvalue weighted by Crippen LogP contribution is -2.07. The average molecular weight is 282 g/mol. The summed E-state index contributed by atoms with van der Waals surface area (Å²) in [5, 5.41) is 2.81. The number of benzene rings is 1. The molecule has 0 spiro atoms. The van der Waals surface area contributed by atoms with E-state index in [2.05, 4.69) is 10.3 Å². The van der Waals surface area contributed by atoms with Gasteiger partial charge in [-0.15, -0.1) is 0 Å². The van der Waals surface area contributed by atoms with Gasteiger partial charge in [-0.2, -0.15) is 0 Å². The zero-order valence-electron chi connectivity index (χ0n) is 12.0. The molecule has 108 valence electrons. The molecule has 1 aromatic heterocycles. The van der Waals surface area contributed by atoms with Crippen LogP contribution in [0.15, 0.2) is 54.9 Å². The van der Waals surface area contributed by atoms with Crippen LogP contribution < -0.4 is 5.32 Å². The van der Waals surface area contributed by atoms with Gasteiger partial charge in [0, 0.05) is 30.8 Å². The van der Waals surface area contributed by atoms with Gasteiger partial charge >= 0.3 is 0 Å². The minimum atomic E-state index is -0.170. The Kier molecular flexibility index (Phi) is 5.67. The number of ether oxygens (including phenoxy) is 1. The molecule has 0 unspecified atom stereocenters. The third kappa shape index (κ3) is 5.20. The fourth-order valence-corrected chi connectivity index (χ4v) is 1.73. The highest BCUT2D eigenvalue weighted by Gasteiger charge is 1.98. The molecule has 21 heavy (non-hydrogen) atoms. The smallest absolute Gasteiger partial charge is 0.248 e. The first-order valence-electron chi connectivity index (χ1n) is 6.83. The Morgan fingerprint density at radius 2 is 2.10 bits per heavy atom. The van der Waals surface area contributed by atoms with Crippen molar-refractivity contribution in [2.45, 2.75) is 13.5 Å². The van der Waals surface area contributed by atoms with Gasteiger partial charge in [0.25, 0.3) is 0 Å². The maximum absolute atomic E-state index is 11.8. The van der Waals surface area contributed by atoms with Crippen LogP contribution in [0.2, 0.25) is 0 Å². The topological polar surface area (TPSA) is 51.2 Å². The van der Waals surface area contributed by atoms with Gasteiger partial charge in [0.2, 0.25) is 5.91 Å². The van der Waals surface area contributed by atoms with Crippen molar-refractivity contribution >= 4 is 17.7 Å². The van der Waals surface area contributed by atoms with Crippen LogP contribution in [0, 0.1) is 0 Å². The summed E-state index contributed by atoms with van der Waals surface area (Å²) in [5.74, 6) is -0.170. The van der Waals surface area contributed by atoms with Gasteiger partial charge in [0.05, 0.1) is 6.61 Å². The number of nitrogens with one attached hydrogen (secondary N) is 1. The van der Waals surface area contributed by atoms with Gasteiger partial charge in [0.15, 0.2) is 0 Å². The van der Waals surface area contributed by atoms with E-state index in [0.717, 1.165) is 16.8 Å². The number of aromatic nitrogens is 1. The summed E-state index contributed by atoms with van der Waals surface area (Å²) < 4.78 is 5.32. The minimum Gasteiger partial charge on any atom is -0.377 e. The van der Waals surface area contributed by atoms with E-state index in [0.29, 0.717) is 13.2 Å². The SMILES string of the molecule is CCOCc1ccc(NC(=O)/C=C/c2cccnc2)cc1. The standard InChI is InChI=1S/C17H18N2O2/c1-2-21-13-15-5-8-16(9-6-15)19-17(20)10-7-14-4-3-11-18-12-14/h3-12H,2,13H2,1H3,(H,19,20)/b10-7+. The third-order valence-corrected chi connectivity index (χ3v) is 2.81. The fourth-order valence-electron chi connectivity index (χ4n) is 1.73. The molecule has 0 aliphatic carbocycles. The Balaban J connectivity index is 1.89. The number of nitrogens with zero attached hydrogens (tertiary/aromatic N) is 1. The number of anilines is 1. The molecule has 1 amide bonds. The molecule has 0 aliphatic heterocycles. The zero-order chi connectivity index (χ0) is 14.9. The molecule has 0 bridgehead atoms. The molecule has 2 rings (SSSR count). The number of amides is 1. The summed E-state index contributed by atoms with van der Waals surface area (Å²) in [6, 6.07) is 11.3. The molecule has 0 atom stereocenters. The van der Waals surface area contributed by atoms with Gasteiger partial charge in [-0.05, 0) is 42.3 Å². The minimum absolute atomic E-state index is 0.170. The predicted octanol–water partition coefficient (Wildman–Crippen LogP) is 3.27. The first-order valence-corrected chi connectivity index (χ1v) is 6.83. The lowest BCUT2D eigenvalue weighted by atomic mass is 10.2. The van der Waals surface area contributed by atoms with Crippen molar-refractivity contribution < 1.29 is 9.53 Å². The summed E-state index contributed by atoms with van der Waals surface area (Å²) in [7, 11) is 0. The van der Waals surface area contributed by atoms with Crippen molar-refractivity contribution in [1.82, 2.24) is 4.98 Å². The quantitative estimate of drug-likeness (QED) is 0.827. The molecule has 0 saturated carbocycles. The van der Waals surface area contributed by atoms with E-state index < -0.39 is 0 Å². The Bertz CT molecular complexity index is 592. The second-order valence-corrected chi connectivity index (χ2v) is 4.44. The van der Waals surface area contributed by atoms with Crippen LogP contribution in [-0.4, -0.2) is 17.5 Å². The van der Waals surface area contributed by atoms with Gasteiger partial charge in [0.1, 0.15) is 0 Å². The van der Waals surface area contributed by atoms with E-state index >= 15 is 0 Å². The lowest BCUT2D eigenvalue weighted by molar-refractivity contribution is -0.111. The molecular formula is C17H18N2O2. The van der Waals surface area contributed by atoms with Crippen LogP contribution in [0.1, 0.15) is 18.1 Å². The Morgan fingerprint density at radius 1 is 1.29 bits per heavy atom. The van der Waals surface area contributed by atoms with Crippen LogP contribution in [0.3, 0.4) is 0 Å². The number of carbonyl (C=O) groups is 1. The maximum Gasteiger partial charge on any atom is 0.248 e. The Hall–Kier alpha value is -2.46. The highest BCUT2D eigenvalue weighted by atomic mass is 16.5. The fraction of sp³-hybridized carbons (Fsp3) is 0.176. The molecule has 0 aliphatic rings. The van der Waals surface area contributed by atoms with Crippen molar-refractivity contribution in [2.75, 3.05) is 11.9 Å². The number of hydrogen-bond acceptors (Lipinski definition) is 3. The van der Waals surface area contributed by atoms with Crippen molar-refractivity contribution in [3.63, 3.8) is 0 Å². The molecule has 4 heteroatoms. The van der Waals surface area contributed by atoms with Crippen LogP contribution >= 0.6 is 0 Å². The van der Waals surface area contributed by atoms with E-state index in [1.165, 1.54) is 6.08 Å². The number of rotatable bonds is 6. The largest absolute Gasteiger partial charge is 0.377 e. The third-order valence-electron chi connectivity index (χ3n) is 2.81. The van der Waals surface area contributed by atoms with Crippen molar-refractivity contribution in [3.8, 4) is 0 Å². The van der Waals surface area contributed by atoms with E-state index in [4.69, 9.17) is 4.74 Å². The second kappa shape index (κ2) is 7.97. The molecular weight excluding hydrogens is 264 g/mol. The summed E-state index contributed by atoms with van der Waals surface area (Å²) in [6.45, 7) is 3.24. The van der Waals surface area contributed by atoms with Gasteiger partial charge < -0.3 is 10.1 Å². The number of hydrogen-bond donors (Lipinski definition) is 1.